The zero-order valence-electron chi connectivity index (χ0n) is 14.3. The average molecular weight is 357 g/mol. The van der Waals surface area contributed by atoms with Gasteiger partial charge in [-0.25, -0.2) is 4.79 Å². The molecule has 0 spiro atoms. The molecule has 3 aromatic rings. The number of carbonyl (C=O) groups excluding carboxylic acids is 1. The Hall–Kier alpha value is -2.67. The van der Waals surface area contributed by atoms with Crippen LogP contribution in [0.1, 0.15) is 18.1 Å². The van der Waals surface area contributed by atoms with E-state index in [0.717, 1.165) is 21.4 Å². The lowest BCUT2D eigenvalue weighted by molar-refractivity contribution is -0.116. The molecule has 0 unspecified atom stereocenters. The van der Waals surface area contributed by atoms with Crippen molar-refractivity contribution in [2.45, 2.75) is 33.9 Å². The zero-order chi connectivity index (χ0) is 18.1. The van der Waals surface area contributed by atoms with E-state index in [1.54, 1.807) is 18.4 Å². The number of thiophene rings is 1. The van der Waals surface area contributed by atoms with Crippen molar-refractivity contribution in [3.63, 3.8) is 0 Å². The monoisotopic (exact) mass is 357 g/mol. The number of fused-ring (bicyclic) bond motifs is 1. The molecule has 25 heavy (non-hydrogen) atoms. The van der Waals surface area contributed by atoms with Gasteiger partial charge >= 0.3 is 5.69 Å². The summed E-state index contributed by atoms with van der Waals surface area (Å²) in [5, 5.41) is 4.61. The fraction of sp³-hybridized carbons (Fsp3) is 0.278. The Kier molecular flexibility index (Phi) is 4.59. The maximum Gasteiger partial charge on any atom is 0.331 e. The van der Waals surface area contributed by atoms with Crippen molar-refractivity contribution in [2.75, 3.05) is 5.32 Å². The van der Waals surface area contributed by atoms with Gasteiger partial charge in [0.1, 0.15) is 11.2 Å². The predicted octanol–water partition coefficient (Wildman–Crippen LogP) is 2.50. The van der Waals surface area contributed by atoms with Gasteiger partial charge < -0.3 is 5.32 Å². The lowest BCUT2D eigenvalue weighted by Crippen LogP contribution is -2.40. The van der Waals surface area contributed by atoms with E-state index >= 15 is 0 Å². The molecule has 130 valence electrons. The summed E-state index contributed by atoms with van der Waals surface area (Å²) in [5.74, 6) is -0.301. The van der Waals surface area contributed by atoms with Gasteiger partial charge in [0.05, 0.1) is 5.52 Å². The summed E-state index contributed by atoms with van der Waals surface area (Å²) in [5.41, 5.74) is 2.53. The van der Waals surface area contributed by atoms with Crippen LogP contribution in [0.5, 0.6) is 0 Å². The highest BCUT2D eigenvalue weighted by Gasteiger charge is 2.16. The second-order valence-corrected chi connectivity index (χ2v) is 6.76. The Balaban J connectivity index is 1.99. The Morgan fingerprint density at radius 1 is 1.16 bits per heavy atom. The highest BCUT2D eigenvalue weighted by Crippen LogP contribution is 2.19. The van der Waals surface area contributed by atoms with E-state index in [4.69, 9.17) is 0 Å². The van der Waals surface area contributed by atoms with Crippen LogP contribution in [0, 0.1) is 13.8 Å². The maximum atomic E-state index is 12.6. The number of nitrogens with one attached hydrogen (secondary N) is 1. The van der Waals surface area contributed by atoms with E-state index in [1.165, 1.54) is 15.9 Å². The normalized spacial score (nSPS) is 11.0. The summed E-state index contributed by atoms with van der Waals surface area (Å²) < 4.78 is 3.00. The van der Waals surface area contributed by atoms with Crippen LogP contribution >= 0.6 is 11.3 Å². The molecule has 6 nitrogen and oxygen atoms in total. The van der Waals surface area contributed by atoms with Gasteiger partial charge in [-0.2, -0.15) is 0 Å². The van der Waals surface area contributed by atoms with E-state index in [9.17, 15) is 14.4 Å². The third kappa shape index (κ3) is 3.02. The Morgan fingerprint density at radius 3 is 2.64 bits per heavy atom. The van der Waals surface area contributed by atoms with Gasteiger partial charge in [0.25, 0.3) is 5.56 Å². The topological polar surface area (TPSA) is 73.1 Å². The molecule has 1 N–H and O–H groups in total. The molecule has 0 aliphatic rings. The lowest BCUT2D eigenvalue weighted by Gasteiger charge is -2.13. The molecule has 0 fully saturated rings. The summed E-state index contributed by atoms with van der Waals surface area (Å²) in [6, 6.07) is 7.38. The van der Waals surface area contributed by atoms with Crippen LogP contribution in [0.25, 0.3) is 10.2 Å². The molecule has 0 atom stereocenters. The number of anilines is 1. The third-order valence-corrected chi connectivity index (χ3v) is 5.22. The Morgan fingerprint density at radius 2 is 1.92 bits per heavy atom. The van der Waals surface area contributed by atoms with E-state index in [0.29, 0.717) is 10.2 Å². The minimum atomic E-state index is -0.463. The van der Waals surface area contributed by atoms with Gasteiger partial charge in [0.15, 0.2) is 0 Å². The molecule has 2 heterocycles. The van der Waals surface area contributed by atoms with Gasteiger partial charge in [-0.05, 0) is 49.4 Å². The van der Waals surface area contributed by atoms with Crippen LogP contribution in [0.3, 0.4) is 0 Å². The zero-order valence-corrected chi connectivity index (χ0v) is 15.1. The number of hydrogen-bond acceptors (Lipinski definition) is 4. The van der Waals surface area contributed by atoms with Gasteiger partial charge in [-0.15, -0.1) is 11.3 Å². The summed E-state index contributed by atoms with van der Waals surface area (Å²) in [4.78, 5) is 37.4. The van der Waals surface area contributed by atoms with Crippen LogP contribution < -0.4 is 16.6 Å². The first kappa shape index (κ1) is 17.2. The molecule has 1 aromatic carbocycles. The van der Waals surface area contributed by atoms with Gasteiger partial charge in [-0.1, -0.05) is 12.1 Å². The number of benzene rings is 1. The molecular weight excluding hydrogens is 338 g/mol. The first-order valence-electron chi connectivity index (χ1n) is 8.01. The fourth-order valence-corrected chi connectivity index (χ4v) is 3.63. The van der Waals surface area contributed by atoms with Crippen molar-refractivity contribution in [3.8, 4) is 0 Å². The summed E-state index contributed by atoms with van der Waals surface area (Å²) in [7, 11) is 0. The molecule has 7 heteroatoms. The van der Waals surface area contributed by atoms with Crippen molar-refractivity contribution in [3.05, 3.63) is 61.6 Å². The maximum absolute atomic E-state index is 12.6. The molecule has 0 aliphatic carbocycles. The second kappa shape index (κ2) is 6.68. The van der Waals surface area contributed by atoms with E-state index < -0.39 is 5.69 Å². The first-order valence-corrected chi connectivity index (χ1v) is 8.89. The molecule has 0 saturated heterocycles. The molecule has 0 radical (unpaired) electrons. The molecule has 0 bridgehead atoms. The summed E-state index contributed by atoms with van der Waals surface area (Å²) >= 11 is 1.28. The standard InChI is InChI=1S/C18H19N3O3S/c1-4-20-17(23)16-14(8-9-25-16)21(18(20)24)10-15(22)19-13-7-5-6-11(2)12(13)3/h5-9H,4,10H2,1-3H3,(H,19,22). The van der Waals surface area contributed by atoms with E-state index in [2.05, 4.69) is 5.32 Å². The fourth-order valence-electron chi connectivity index (χ4n) is 2.78. The lowest BCUT2D eigenvalue weighted by atomic mass is 10.1. The molecule has 3 rings (SSSR count). The number of rotatable bonds is 4. The van der Waals surface area contributed by atoms with Crippen molar-refractivity contribution >= 4 is 33.1 Å². The average Bonchev–Trinajstić information content (AvgIpc) is 3.06. The molecule has 0 saturated carbocycles. The van der Waals surface area contributed by atoms with Gasteiger partial charge in [-0.3, -0.25) is 18.7 Å². The molecular formula is C18H19N3O3S. The number of aromatic nitrogens is 2. The minimum Gasteiger partial charge on any atom is -0.324 e. The van der Waals surface area contributed by atoms with E-state index in [-0.39, 0.29) is 24.6 Å². The van der Waals surface area contributed by atoms with Crippen molar-refractivity contribution in [1.82, 2.24) is 9.13 Å². The Bertz CT molecular complexity index is 1080. The van der Waals surface area contributed by atoms with E-state index in [1.807, 2.05) is 32.0 Å². The van der Waals surface area contributed by atoms with Crippen LogP contribution in [0.15, 0.2) is 39.2 Å². The first-order chi connectivity index (χ1) is 11.9. The van der Waals surface area contributed by atoms with Crippen LogP contribution in [0.2, 0.25) is 0 Å². The number of carbonyl (C=O) groups is 1. The van der Waals surface area contributed by atoms with Crippen molar-refractivity contribution in [2.24, 2.45) is 0 Å². The third-order valence-electron chi connectivity index (χ3n) is 4.33. The molecule has 1 amide bonds. The summed E-state index contributed by atoms with van der Waals surface area (Å²) in [6.45, 7) is 5.78. The van der Waals surface area contributed by atoms with Gasteiger partial charge in [0.2, 0.25) is 5.91 Å². The van der Waals surface area contributed by atoms with Crippen LogP contribution in [-0.2, 0) is 17.9 Å². The number of amides is 1. The number of aryl methyl sites for hydroxylation is 1. The number of hydrogen-bond donors (Lipinski definition) is 1. The highest BCUT2D eigenvalue weighted by molar-refractivity contribution is 7.17. The predicted molar refractivity (Wildman–Crippen MR) is 101 cm³/mol. The molecule has 0 aliphatic heterocycles. The van der Waals surface area contributed by atoms with Crippen molar-refractivity contribution in [1.29, 1.82) is 0 Å². The van der Waals surface area contributed by atoms with Crippen LogP contribution in [0.4, 0.5) is 5.69 Å². The van der Waals surface area contributed by atoms with Gasteiger partial charge in [0, 0.05) is 12.2 Å². The minimum absolute atomic E-state index is 0.139. The Labute approximate surface area is 148 Å². The van der Waals surface area contributed by atoms with Crippen LogP contribution in [-0.4, -0.2) is 15.0 Å². The second-order valence-electron chi connectivity index (χ2n) is 5.85. The van der Waals surface area contributed by atoms with Crippen molar-refractivity contribution < 1.29 is 4.79 Å². The number of nitrogens with zero attached hydrogens (tertiary/aromatic N) is 2. The quantitative estimate of drug-likeness (QED) is 0.780. The largest absolute Gasteiger partial charge is 0.331 e. The summed E-state index contributed by atoms with van der Waals surface area (Å²) in [6.07, 6.45) is 0. The SMILES string of the molecule is CCn1c(=O)c2sccc2n(CC(=O)Nc2cccc(C)c2C)c1=O. The smallest absolute Gasteiger partial charge is 0.324 e. The highest BCUT2D eigenvalue weighted by atomic mass is 32.1. The molecule has 2 aromatic heterocycles.